The Balaban J connectivity index is 1.58. The summed E-state index contributed by atoms with van der Waals surface area (Å²) in [5, 5.41) is 10.9. The zero-order chi connectivity index (χ0) is 20.6. The maximum atomic E-state index is 13.1. The van der Waals surface area contributed by atoms with Crippen LogP contribution < -0.4 is 0 Å². The maximum Gasteiger partial charge on any atom is 0.179 e. The largest absolute Gasteiger partial charge is 0.512 e. The van der Waals surface area contributed by atoms with Crippen LogP contribution in [0.5, 0.6) is 0 Å². The molecule has 1 aliphatic rings. The van der Waals surface area contributed by atoms with E-state index in [9.17, 15) is 13.5 Å². The number of sulfone groups is 1. The molecule has 3 nitrogen and oxygen atoms in total. The number of aliphatic hydroxyl groups is 1. The Labute approximate surface area is 176 Å². The smallest absolute Gasteiger partial charge is 0.179 e. The fourth-order valence-corrected chi connectivity index (χ4v) is 5.92. The fraction of sp³-hybridized carbons (Fsp3) is 0.167. The molecule has 3 aromatic rings. The summed E-state index contributed by atoms with van der Waals surface area (Å²) >= 11 is 5.93. The minimum absolute atomic E-state index is 0.0377. The number of halogens is 1. The Morgan fingerprint density at radius 1 is 0.966 bits per heavy atom. The highest BCUT2D eigenvalue weighted by Crippen LogP contribution is 2.63. The SMILES string of the molecule is C=C(O)[C@]1(CS(=O)(=O)c2ccc(-c3ccc(Cl)cc3)cc2)C[C@@H]1c1ccccc1. The number of aliphatic hydroxyl groups excluding tert-OH is 1. The van der Waals surface area contributed by atoms with Crippen LogP contribution in [0.1, 0.15) is 17.9 Å². The molecule has 1 fully saturated rings. The van der Waals surface area contributed by atoms with Gasteiger partial charge in [-0.25, -0.2) is 8.42 Å². The molecule has 29 heavy (non-hydrogen) atoms. The number of allylic oxidation sites excluding steroid dienone is 1. The highest BCUT2D eigenvalue weighted by atomic mass is 35.5. The lowest BCUT2D eigenvalue weighted by Gasteiger charge is -2.17. The van der Waals surface area contributed by atoms with Crippen LogP contribution in [0.3, 0.4) is 0 Å². The van der Waals surface area contributed by atoms with Crippen molar-refractivity contribution in [2.24, 2.45) is 5.41 Å². The average Bonchev–Trinajstić information content (AvgIpc) is 3.44. The van der Waals surface area contributed by atoms with Crippen molar-refractivity contribution in [2.75, 3.05) is 5.75 Å². The van der Waals surface area contributed by atoms with Crippen LogP contribution in [0, 0.1) is 5.41 Å². The molecule has 1 N–H and O–H groups in total. The molecule has 3 aromatic carbocycles. The van der Waals surface area contributed by atoms with Crippen LogP contribution in [0.15, 0.2) is 96.1 Å². The molecular formula is C24H21ClO3S. The minimum atomic E-state index is -3.59. The van der Waals surface area contributed by atoms with E-state index in [1.165, 1.54) is 0 Å². The predicted molar refractivity (Wildman–Crippen MR) is 117 cm³/mol. The molecule has 0 heterocycles. The van der Waals surface area contributed by atoms with Crippen molar-refractivity contribution in [1.82, 2.24) is 0 Å². The highest BCUT2D eigenvalue weighted by Gasteiger charge is 2.59. The Kier molecular flexibility index (Phi) is 5.01. The molecule has 0 saturated heterocycles. The quantitative estimate of drug-likeness (QED) is 0.492. The molecule has 5 heteroatoms. The van der Waals surface area contributed by atoms with Crippen molar-refractivity contribution in [3.63, 3.8) is 0 Å². The van der Waals surface area contributed by atoms with E-state index in [4.69, 9.17) is 11.6 Å². The second kappa shape index (κ2) is 7.36. The second-order valence-electron chi connectivity index (χ2n) is 7.56. The van der Waals surface area contributed by atoms with Crippen LogP contribution in [-0.4, -0.2) is 19.3 Å². The molecule has 0 radical (unpaired) electrons. The third kappa shape index (κ3) is 3.83. The van der Waals surface area contributed by atoms with Gasteiger partial charge in [0.25, 0.3) is 0 Å². The summed E-state index contributed by atoms with van der Waals surface area (Å²) in [6.07, 6.45) is 0.578. The molecule has 1 saturated carbocycles. The van der Waals surface area contributed by atoms with E-state index in [-0.39, 0.29) is 22.3 Å². The molecule has 0 amide bonds. The third-order valence-electron chi connectivity index (χ3n) is 5.69. The van der Waals surface area contributed by atoms with Gasteiger partial charge in [-0.05, 0) is 53.3 Å². The van der Waals surface area contributed by atoms with Gasteiger partial charge in [-0.3, -0.25) is 0 Å². The summed E-state index contributed by atoms with van der Waals surface area (Å²) in [5.41, 5.74) is 2.08. The van der Waals surface area contributed by atoms with Gasteiger partial charge in [-0.2, -0.15) is 0 Å². The highest BCUT2D eigenvalue weighted by molar-refractivity contribution is 7.91. The van der Waals surface area contributed by atoms with E-state index in [1.54, 1.807) is 36.4 Å². The summed E-state index contributed by atoms with van der Waals surface area (Å²) < 4.78 is 26.2. The normalized spacial score (nSPS) is 20.9. The first-order valence-electron chi connectivity index (χ1n) is 9.34. The maximum absolute atomic E-state index is 13.1. The minimum Gasteiger partial charge on any atom is -0.512 e. The molecule has 1 aliphatic carbocycles. The summed E-state index contributed by atoms with van der Waals surface area (Å²) in [5.74, 6) is -0.258. The van der Waals surface area contributed by atoms with Crippen LogP contribution >= 0.6 is 11.6 Å². The van der Waals surface area contributed by atoms with E-state index in [1.807, 2.05) is 42.5 Å². The molecule has 2 atom stereocenters. The first-order chi connectivity index (χ1) is 13.8. The second-order valence-corrected chi connectivity index (χ2v) is 9.99. The summed E-state index contributed by atoms with van der Waals surface area (Å²) in [6.45, 7) is 3.68. The molecule has 0 bridgehead atoms. The van der Waals surface area contributed by atoms with Crippen molar-refractivity contribution in [3.05, 3.63) is 102 Å². The van der Waals surface area contributed by atoms with E-state index >= 15 is 0 Å². The Bertz CT molecular complexity index is 1140. The van der Waals surface area contributed by atoms with Crippen molar-refractivity contribution in [3.8, 4) is 11.1 Å². The molecule has 0 unspecified atom stereocenters. The summed E-state index contributed by atoms with van der Waals surface area (Å²) in [7, 11) is -3.59. The Hall–Kier alpha value is -2.56. The van der Waals surface area contributed by atoms with E-state index in [0.717, 1.165) is 16.7 Å². The Morgan fingerprint density at radius 2 is 1.52 bits per heavy atom. The van der Waals surface area contributed by atoms with Crippen molar-refractivity contribution in [1.29, 1.82) is 0 Å². The first kappa shape index (κ1) is 19.7. The number of rotatable bonds is 6. The van der Waals surface area contributed by atoms with Gasteiger partial charge in [-0.15, -0.1) is 0 Å². The van der Waals surface area contributed by atoms with E-state index in [2.05, 4.69) is 6.58 Å². The first-order valence-corrected chi connectivity index (χ1v) is 11.4. The van der Waals surface area contributed by atoms with Gasteiger partial charge in [0.15, 0.2) is 9.84 Å². The third-order valence-corrected chi connectivity index (χ3v) is 7.83. The van der Waals surface area contributed by atoms with Gasteiger partial charge in [0.1, 0.15) is 0 Å². The number of benzene rings is 3. The monoisotopic (exact) mass is 424 g/mol. The van der Waals surface area contributed by atoms with Crippen molar-refractivity contribution >= 4 is 21.4 Å². The van der Waals surface area contributed by atoms with Gasteiger partial charge in [0, 0.05) is 10.4 Å². The molecule has 0 aliphatic heterocycles. The van der Waals surface area contributed by atoms with Gasteiger partial charge in [0.05, 0.1) is 16.4 Å². The lowest BCUT2D eigenvalue weighted by Crippen LogP contribution is -2.21. The van der Waals surface area contributed by atoms with Crippen LogP contribution in [-0.2, 0) is 9.84 Å². The number of hydrogen-bond donors (Lipinski definition) is 1. The molecular weight excluding hydrogens is 404 g/mol. The van der Waals surface area contributed by atoms with Gasteiger partial charge >= 0.3 is 0 Å². The lowest BCUT2D eigenvalue weighted by molar-refractivity contribution is 0.328. The average molecular weight is 425 g/mol. The van der Waals surface area contributed by atoms with Crippen LogP contribution in [0.25, 0.3) is 11.1 Å². The zero-order valence-electron chi connectivity index (χ0n) is 15.8. The molecule has 148 valence electrons. The summed E-state index contributed by atoms with van der Waals surface area (Å²) in [6, 6.07) is 23.9. The zero-order valence-corrected chi connectivity index (χ0v) is 17.3. The van der Waals surface area contributed by atoms with Crippen molar-refractivity contribution in [2.45, 2.75) is 17.2 Å². The Morgan fingerprint density at radius 3 is 2.07 bits per heavy atom. The molecule has 0 spiro atoms. The van der Waals surface area contributed by atoms with Crippen LogP contribution in [0.4, 0.5) is 0 Å². The number of hydrogen-bond acceptors (Lipinski definition) is 3. The van der Waals surface area contributed by atoms with E-state index < -0.39 is 15.3 Å². The van der Waals surface area contributed by atoms with Gasteiger partial charge in [0.2, 0.25) is 0 Å². The summed E-state index contributed by atoms with van der Waals surface area (Å²) in [4.78, 5) is 0.245. The van der Waals surface area contributed by atoms with Crippen molar-refractivity contribution < 1.29 is 13.5 Å². The van der Waals surface area contributed by atoms with Gasteiger partial charge < -0.3 is 5.11 Å². The topological polar surface area (TPSA) is 54.4 Å². The fourth-order valence-electron chi connectivity index (χ4n) is 3.91. The predicted octanol–water partition coefficient (Wildman–Crippen LogP) is 6.03. The van der Waals surface area contributed by atoms with E-state index in [0.29, 0.717) is 11.4 Å². The molecule has 0 aromatic heterocycles. The lowest BCUT2D eigenvalue weighted by atomic mass is 9.99. The van der Waals surface area contributed by atoms with Crippen LogP contribution in [0.2, 0.25) is 5.02 Å². The van der Waals surface area contributed by atoms with Gasteiger partial charge in [-0.1, -0.05) is 72.8 Å². The standard InChI is InChI=1S/C24H21ClO3S/c1-17(26)24(15-23(24)20-5-3-2-4-6-20)16-29(27,28)22-13-9-19(10-14-22)18-7-11-21(25)12-8-18/h2-14,23,26H,1,15-16H2/t23-,24-/m1/s1. The molecule has 4 rings (SSSR count).